The second-order valence-corrected chi connectivity index (χ2v) is 9.92. The minimum absolute atomic E-state index is 0.154. The van der Waals surface area contributed by atoms with Crippen LogP contribution in [0, 0.1) is 5.92 Å². The van der Waals surface area contributed by atoms with Crippen LogP contribution < -0.4 is 4.90 Å². The molecule has 4 heterocycles. The fraction of sp³-hybridized carbons (Fsp3) is 0.519. The summed E-state index contributed by atoms with van der Waals surface area (Å²) in [7, 11) is 0. The summed E-state index contributed by atoms with van der Waals surface area (Å²) in [5, 5.41) is 15.1. The van der Waals surface area contributed by atoms with Crippen molar-refractivity contribution in [2.75, 3.05) is 57.3 Å². The highest BCUT2D eigenvalue weighted by molar-refractivity contribution is 5.80. The van der Waals surface area contributed by atoms with Gasteiger partial charge in [0, 0.05) is 57.2 Å². The van der Waals surface area contributed by atoms with Crippen LogP contribution in [0.2, 0.25) is 0 Å². The molecule has 7 heteroatoms. The highest BCUT2D eigenvalue weighted by Gasteiger charge is 2.35. The highest BCUT2D eigenvalue weighted by atomic mass is 16.5. The largest absolute Gasteiger partial charge is 0.378 e. The summed E-state index contributed by atoms with van der Waals surface area (Å²) >= 11 is 0. The van der Waals surface area contributed by atoms with Crippen molar-refractivity contribution >= 4 is 11.2 Å². The van der Waals surface area contributed by atoms with Crippen molar-refractivity contribution in [2.45, 2.75) is 32.1 Å². The van der Waals surface area contributed by atoms with Crippen LogP contribution in [0.5, 0.6) is 0 Å². The second-order valence-electron chi connectivity index (χ2n) is 9.92. The summed E-state index contributed by atoms with van der Waals surface area (Å²) in [6.07, 6.45) is 6.25. The Morgan fingerprint density at radius 2 is 1.82 bits per heavy atom. The smallest absolute Gasteiger partial charge is 0.110 e. The van der Waals surface area contributed by atoms with E-state index >= 15 is 0 Å². The van der Waals surface area contributed by atoms with E-state index in [4.69, 9.17) is 4.74 Å². The second kappa shape index (κ2) is 9.30. The van der Waals surface area contributed by atoms with Crippen molar-refractivity contribution in [3.63, 3.8) is 0 Å². The Morgan fingerprint density at radius 3 is 2.56 bits per heavy atom. The van der Waals surface area contributed by atoms with E-state index in [9.17, 15) is 5.11 Å². The van der Waals surface area contributed by atoms with Crippen LogP contribution in [0.1, 0.15) is 31.4 Å². The zero-order chi connectivity index (χ0) is 23.1. The van der Waals surface area contributed by atoms with Crippen LogP contribution in [0.15, 0.2) is 48.8 Å². The molecular formula is C27H35N5O2. The quantitative estimate of drug-likeness (QED) is 0.608. The number of aliphatic hydroxyl groups excluding tert-OH is 1. The predicted octanol–water partition coefficient (Wildman–Crippen LogP) is 3.24. The van der Waals surface area contributed by atoms with E-state index in [1.165, 1.54) is 35.2 Å². The van der Waals surface area contributed by atoms with Crippen molar-refractivity contribution in [1.29, 1.82) is 0 Å². The monoisotopic (exact) mass is 461 g/mol. The van der Waals surface area contributed by atoms with Gasteiger partial charge in [-0.15, -0.1) is 0 Å². The van der Waals surface area contributed by atoms with E-state index in [-0.39, 0.29) is 12.3 Å². The first-order valence-electron chi connectivity index (χ1n) is 12.8. The lowest BCUT2D eigenvalue weighted by molar-refractivity contribution is -0.0281. The van der Waals surface area contributed by atoms with E-state index in [1.807, 2.05) is 10.7 Å². The molecule has 3 fully saturated rings. The van der Waals surface area contributed by atoms with Crippen molar-refractivity contribution in [1.82, 2.24) is 19.4 Å². The summed E-state index contributed by atoms with van der Waals surface area (Å²) in [5.41, 5.74) is 5.96. The van der Waals surface area contributed by atoms with Gasteiger partial charge in [-0.3, -0.25) is 9.80 Å². The SMILES string of the molecule is CCN1CCOC(c2ccc(-c3cc4c(N5CCN(C(O)C6CC6)CC5)ccnn4c3)cc2)C1. The third-order valence-corrected chi connectivity index (χ3v) is 7.77. The third kappa shape index (κ3) is 4.33. The number of rotatable bonds is 6. The molecule has 2 atom stereocenters. The summed E-state index contributed by atoms with van der Waals surface area (Å²) in [4.78, 5) is 7.12. The van der Waals surface area contributed by atoms with E-state index in [0.717, 1.165) is 57.9 Å². The Balaban J connectivity index is 1.19. The predicted molar refractivity (Wildman–Crippen MR) is 134 cm³/mol. The number of morpholine rings is 1. The molecular weight excluding hydrogens is 426 g/mol. The summed E-state index contributed by atoms with van der Waals surface area (Å²) in [5.74, 6) is 0.494. The normalized spacial score (nSPS) is 23.5. The molecule has 2 saturated heterocycles. The number of ether oxygens (including phenoxy) is 1. The molecule has 1 aliphatic carbocycles. The summed E-state index contributed by atoms with van der Waals surface area (Å²) < 4.78 is 8.02. The maximum Gasteiger partial charge on any atom is 0.110 e. The number of aliphatic hydroxyl groups is 1. The van der Waals surface area contributed by atoms with Crippen LogP contribution in [-0.4, -0.2) is 83.2 Å². The van der Waals surface area contributed by atoms with Gasteiger partial charge in [0.2, 0.25) is 0 Å². The number of anilines is 1. The molecule has 2 aliphatic heterocycles. The maximum atomic E-state index is 10.5. The van der Waals surface area contributed by atoms with Gasteiger partial charge in [0.05, 0.1) is 23.9 Å². The van der Waals surface area contributed by atoms with Gasteiger partial charge in [0.15, 0.2) is 0 Å². The lowest BCUT2D eigenvalue weighted by Crippen LogP contribution is -2.51. The minimum Gasteiger partial charge on any atom is -0.378 e. The van der Waals surface area contributed by atoms with Crippen molar-refractivity contribution in [3.05, 3.63) is 54.4 Å². The number of hydrogen-bond acceptors (Lipinski definition) is 6. The molecule has 1 aromatic carbocycles. The van der Waals surface area contributed by atoms with Crippen LogP contribution >= 0.6 is 0 Å². The van der Waals surface area contributed by atoms with Crippen molar-refractivity contribution in [2.24, 2.45) is 5.92 Å². The zero-order valence-corrected chi connectivity index (χ0v) is 20.0. The standard InChI is InChI=1S/C27H35N5O2/c1-2-29-15-16-34-26(19-29)21-5-3-20(4-6-21)23-17-25-24(9-10-28-32(25)18-23)30-11-13-31(14-12-30)27(33)22-7-8-22/h3-6,9-10,17-18,22,26-27,33H,2,7-8,11-16,19H2,1H3. The van der Waals surface area contributed by atoms with Crippen molar-refractivity contribution < 1.29 is 9.84 Å². The van der Waals surface area contributed by atoms with Gasteiger partial charge in [-0.2, -0.15) is 5.10 Å². The fourth-order valence-electron chi connectivity index (χ4n) is 5.43. The number of fused-ring (bicyclic) bond motifs is 1. The lowest BCUT2D eigenvalue weighted by Gasteiger charge is -2.38. The lowest BCUT2D eigenvalue weighted by atomic mass is 10.0. The third-order valence-electron chi connectivity index (χ3n) is 7.77. The van der Waals surface area contributed by atoms with Crippen LogP contribution in [-0.2, 0) is 4.74 Å². The van der Waals surface area contributed by atoms with Gasteiger partial charge in [-0.1, -0.05) is 31.2 Å². The molecule has 0 radical (unpaired) electrons. The number of likely N-dealkylation sites (N-methyl/N-ethyl adjacent to an activating group) is 1. The molecule has 180 valence electrons. The minimum atomic E-state index is -0.258. The first-order chi connectivity index (χ1) is 16.7. The first-order valence-corrected chi connectivity index (χ1v) is 12.8. The molecule has 2 unspecified atom stereocenters. The zero-order valence-electron chi connectivity index (χ0n) is 20.0. The van der Waals surface area contributed by atoms with E-state index < -0.39 is 0 Å². The van der Waals surface area contributed by atoms with Gasteiger partial charge in [0.1, 0.15) is 6.23 Å². The van der Waals surface area contributed by atoms with E-state index in [0.29, 0.717) is 5.92 Å². The number of benzene rings is 1. The summed E-state index contributed by atoms with van der Waals surface area (Å²) in [6, 6.07) is 13.2. The van der Waals surface area contributed by atoms with Gasteiger partial charge >= 0.3 is 0 Å². The number of hydrogen-bond donors (Lipinski definition) is 1. The first kappa shape index (κ1) is 22.0. The number of piperazine rings is 1. The number of aromatic nitrogens is 2. The Bertz CT molecular complexity index is 1120. The topological polar surface area (TPSA) is 56.5 Å². The van der Waals surface area contributed by atoms with Gasteiger partial charge in [0.25, 0.3) is 0 Å². The number of nitrogens with zero attached hydrogens (tertiary/aromatic N) is 5. The molecule has 3 aromatic rings. The van der Waals surface area contributed by atoms with Crippen LogP contribution in [0.4, 0.5) is 5.69 Å². The molecule has 2 aromatic heterocycles. The van der Waals surface area contributed by atoms with Crippen LogP contribution in [0.3, 0.4) is 0 Å². The van der Waals surface area contributed by atoms with Gasteiger partial charge in [-0.25, -0.2) is 4.52 Å². The Morgan fingerprint density at radius 1 is 1.03 bits per heavy atom. The van der Waals surface area contributed by atoms with Gasteiger partial charge in [-0.05, 0) is 48.6 Å². The Labute approximate surface area is 201 Å². The molecule has 0 amide bonds. The van der Waals surface area contributed by atoms with E-state index in [2.05, 4.69) is 69.3 Å². The van der Waals surface area contributed by atoms with Crippen LogP contribution in [0.25, 0.3) is 16.6 Å². The average molecular weight is 462 g/mol. The van der Waals surface area contributed by atoms with Crippen molar-refractivity contribution in [3.8, 4) is 11.1 Å². The molecule has 1 N–H and O–H groups in total. The molecule has 0 bridgehead atoms. The molecule has 3 aliphatic rings. The van der Waals surface area contributed by atoms with E-state index in [1.54, 1.807) is 0 Å². The highest BCUT2D eigenvalue weighted by Crippen LogP contribution is 2.35. The Hall–Kier alpha value is -2.45. The molecule has 7 nitrogen and oxygen atoms in total. The average Bonchev–Trinajstić information content (AvgIpc) is 3.66. The van der Waals surface area contributed by atoms with Gasteiger partial charge < -0.3 is 14.7 Å². The molecule has 6 rings (SSSR count). The fourth-order valence-corrected chi connectivity index (χ4v) is 5.43. The Kier molecular flexibility index (Phi) is 6.03. The molecule has 0 spiro atoms. The molecule has 1 saturated carbocycles. The molecule has 34 heavy (non-hydrogen) atoms. The maximum absolute atomic E-state index is 10.5. The summed E-state index contributed by atoms with van der Waals surface area (Å²) in [6.45, 7) is 9.72.